The Balaban J connectivity index is 0.00000162. The molecule has 1 saturated heterocycles. The van der Waals surface area contributed by atoms with Gasteiger partial charge >= 0.3 is 0 Å². The molecule has 2 N–H and O–H groups in total. The maximum Gasteiger partial charge on any atom is 0.228 e. The van der Waals surface area contributed by atoms with Crippen LogP contribution in [0.25, 0.3) is 0 Å². The third-order valence-corrected chi connectivity index (χ3v) is 5.04. The molecule has 4 heteroatoms. The highest BCUT2D eigenvalue weighted by molar-refractivity contribution is 5.85. The third kappa shape index (κ3) is 2.53. The Morgan fingerprint density at radius 1 is 1.39 bits per heavy atom. The Bertz CT molecular complexity index is 307. The fourth-order valence-corrected chi connectivity index (χ4v) is 3.20. The maximum atomic E-state index is 12.6. The first-order chi connectivity index (χ1) is 7.91. The Morgan fingerprint density at radius 2 is 2.00 bits per heavy atom. The molecule has 0 aromatic rings. The monoisotopic (exact) mass is 274 g/mol. The average molecular weight is 275 g/mol. The van der Waals surface area contributed by atoms with E-state index in [1.807, 2.05) is 0 Å². The predicted octanol–water partition coefficient (Wildman–Crippen LogP) is 2.57. The molecule has 0 aromatic heterocycles. The molecule has 1 aliphatic heterocycles. The minimum absolute atomic E-state index is 0. The number of nitrogens with zero attached hydrogens (tertiary/aromatic N) is 1. The van der Waals surface area contributed by atoms with E-state index in [2.05, 4.69) is 25.7 Å². The van der Waals surface area contributed by atoms with E-state index in [4.69, 9.17) is 5.73 Å². The summed E-state index contributed by atoms with van der Waals surface area (Å²) in [6.07, 6.45) is 5.33. The first kappa shape index (κ1) is 15.8. The van der Waals surface area contributed by atoms with Crippen molar-refractivity contribution in [2.24, 2.45) is 16.6 Å². The zero-order valence-electron chi connectivity index (χ0n) is 11.9. The quantitative estimate of drug-likeness (QED) is 0.841. The lowest BCUT2D eigenvalue weighted by molar-refractivity contribution is -0.151. The summed E-state index contributed by atoms with van der Waals surface area (Å²) in [5, 5.41) is 0. The van der Waals surface area contributed by atoms with Crippen LogP contribution in [0.1, 0.15) is 52.9 Å². The van der Waals surface area contributed by atoms with Crippen molar-refractivity contribution in [1.82, 2.24) is 4.90 Å². The maximum absolute atomic E-state index is 12.6. The summed E-state index contributed by atoms with van der Waals surface area (Å²) in [5.74, 6) is 0.395. The summed E-state index contributed by atoms with van der Waals surface area (Å²) in [7, 11) is 0. The Kier molecular flexibility index (Phi) is 4.71. The van der Waals surface area contributed by atoms with Gasteiger partial charge in [0.1, 0.15) is 0 Å². The topological polar surface area (TPSA) is 46.3 Å². The summed E-state index contributed by atoms with van der Waals surface area (Å²) in [4.78, 5) is 14.7. The van der Waals surface area contributed by atoms with Crippen LogP contribution in [0.3, 0.4) is 0 Å². The third-order valence-electron chi connectivity index (χ3n) is 5.04. The van der Waals surface area contributed by atoms with Gasteiger partial charge in [-0.15, -0.1) is 12.4 Å². The lowest BCUT2D eigenvalue weighted by Gasteiger charge is -2.48. The number of carbonyl (C=O) groups excluding carboxylic acids is 1. The number of hydrogen-bond acceptors (Lipinski definition) is 2. The van der Waals surface area contributed by atoms with Gasteiger partial charge in [-0.3, -0.25) is 4.79 Å². The molecule has 1 saturated carbocycles. The molecule has 0 bridgehead atoms. The molecule has 3 nitrogen and oxygen atoms in total. The van der Waals surface area contributed by atoms with Gasteiger partial charge in [-0.05, 0) is 31.1 Å². The fourth-order valence-electron chi connectivity index (χ4n) is 3.20. The zero-order chi connectivity index (χ0) is 12.7. The molecular formula is C14H27ClN2O. The van der Waals surface area contributed by atoms with Crippen LogP contribution in [-0.2, 0) is 4.79 Å². The van der Waals surface area contributed by atoms with Gasteiger partial charge < -0.3 is 10.6 Å². The number of nitrogens with two attached hydrogens (primary N) is 1. The predicted molar refractivity (Wildman–Crippen MR) is 76.8 cm³/mol. The van der Waals surface area contributed by atoms with Crippen LogP contribution >= 0.6 is 12.4 Å². The van der Waals surface area contributed by atoms with Gasteiger partial charge in [0.15, 0.2) is 0 Å². The van der Waals surface area contributed by atoms with E-state index in [1.54, 1.807) is 0 Å². The molecule has 18 heavy (non-hydrogen) atoms. The van der Waals surface area contributed by atoms with E-state index in [0.717, 1.165) is 38.8 Å². The standard InChI is InChI=1S/C14H26N2O.ClH/c1-4-14(7-5-8-14)12(17)16-9-6-11(15)13(2,3)10-16;/h11H,4-10,15H2,1-3H3;1H. The van der Waals surface area contributed by atoms with Gasteiger partial charge in [0.2, 0.25) is 5.91 Å². The molecule has 1 amide bonds. The van der Waals surface area contributed by atoms with Crippen molar-refractivity contribution in [2.75, 3.05) is 13.1 Å². The minimum Gasteiger partial charge on any atom is -0.342 e. The van der Waals surface area contributed by atoms with E-state index in [9.17, 15) is 4.79 Å². The number of piperidine rings is 1. The molecular weight excluding hydrogens is 248 g/mol. The van der Waals surface area contributed by atoms with Gasteiger partial charge in [-0.1, -0.05) is 27.2 Å². The smallest absolute Gasteiger partial charge is 0.228 e. The Labute approximate surface area is 117 Å². The molecule has 2 fully saturated rings. The van der Waals surface area contributed by atoms with Crippen LogP contribution in [0, 0.1) is 10.8 Å². The van der Waals surface area contributed by atoms with Crippen molar-refractivity contribution < 1.29 is 4.79 Å². The first-order valence-corrected chi connectivity index (χ1v) is 6.96. The highest BCUT2D eigenvalue weighted by Gasteiger charge is 2.46. The Morgan fingerprint density at radius 3 is 2.39 bits per heavy atom. The van der Waals surface area contributed by atoms with Crippen molar-refractivity contribution in [3.8, 4) is 0 Å². The first-order valence-electron chi connectivity index (χ1n) is 6.96. The van der Waals surface area contributed by atoms with Crippen LogP contribution < -0.4 is 5.73 Å². The van der Waals surface area contributed by atoms with Crippen molar-refractivity contribution in [2.45, 2.75) is 58.9 Å². The van der Waals surface area contributed by atoms with Crippen molar-refractivity contribution >= 4 is 18.3 Å². The van der Waals surface area contributed by atoms with Crippen LogP contribution in [0.4, 0.5) is 0 Å². The molecule has 2 aliphatic rings. The van der Waals surface area contributed by atoms with Crippen molar-refractivity contribution in [1.29, 1.82) is 0 Å². The second-order valence-electron chi connectivity index (χ2n) is 6.60. The van der Waals surface area contributed by atoms with E-state index >= 15 is 0 Å². The second kappa shape index (κ2) is 5.38. The van der Waals surface area contributed by atoms with Crippen LogP contribution in [0.2, 0.25) is 0 Å². The summed E-state index contributed by atoms with van der Waals surface area (Å²) >= 11 is 0. The SMILES string of the molecule is CCC1(C(=O)N2CCC(N)C(C)(C)C2)CCC1.Cl. The highest BCUT2D eigenvalue weighted by Crippen LogP contribution is 2.46. The molecule has 2 rings (SSSR count). The molecule has 1 atom stereocenters. The van der Waals surface area contributed by atoms with Gasteiger partial charge in [-0.2, -0.15) is 0 Å². The second-order valence-corrected chi connectivity index (χ2v) is 6.60. The number of halogens is 1. The van der Waals surface area contributed by atoms with Crippen molar-refractivity contribution in [3.63, 3.8) is 0 Å². The molecule has 0 spiro atoms. The van der Waals surface area contributed by atoms with Crippen LogP contribution in [0.15, 0.2) is 0 Å². The fraction of sp³-hybridized carbons (Fsp3) is 0.929. The molecule has 1 aliphatic carbocycles. The highest BCUT2D eigenvalue weighted by atomic mass is 35.5. The molecule has 1 heterocycles. The summed E-state index contributed by atoms with van der Waals surface area (Å²) in [5.41, 5.74) is 6.17. The minimum atomic E-state index is -0.0164. The number of amides is 1. The van der Waals surface area contributed by atoms with E-state index in [0.29, 0.717) is 5.91 Å². The summed E-state index contributed by atoms with van der Waals surface area (Å²) in [6.45, 7) is 8.19. The average Bonchev–Trinajstić information content (AvgIpc) is 2.21. The largest absolute Gasteiger partial charge is 0.342 e. The van der Waals surface area contributed by atoms with Crippen molar-refractivity contribution in [3.05, 3.63) is 0 Å². The number of hydrogen-bond donors (Lipinski definition) is 1. The van der Waals surface area contributed by atoms with Gasteiger partial charge in [0.25, 0.3) is 0 Å². The molecule has 0 aromatic carbocycles. The summed E-state index contributed by atoms with van der Waals surface area (Å²) in [6, 6.07) is 0.227. The number of likely N-dealkylation sites (tertiary alicyclic amines) is 1. The number of carbonyl (C=O) groups is 1. The lowest BCUT2D eigenvalue weighted by Crippen LogP contribution is -2.57. The van der Waals surface area contributed by atoms with Gasteiger partial charge in [-0.25, -0.2) is 0 Å². The molecule has 1 unspecified atom stereocenters. The van der Waals surface area contributed by atoms with Crippen LogP contribution in [-0.4, -0.2) is 29.9 Å². The molecule has 0 radical (unpaired) electrons. The van der Waals surface area contributed by atoms with Gasteiger partial charge in [0.05, 0.1) is 0 Å². The Hall–Kier alpha value is -0.280. The van der Waals surface area contributed by atoms with Crippen LogP contribution in [0.5, 0.6) is 0 Å². The number of rotatable bonds is 2. The van der Waals surface area contributed by atoms with Gasteiger partial charge in [0, 0.05) is 24.5 Å². The lowest BCUT2D eigenvalue weighted by atomic mass is 9.65. The van der Waals surface area contributed by atoms with E-state index in [1.165, 1.54) is 6.42 Å². The van der Waals surface area contributed by atoms with E-state index < -0.39 is 0 Å². The zero-order valence-corrected chi connectivity index (χ0v) is 12.7. The van der Waals surface area contributed by atoms with E-state index in [-0.39, 0.29) is 29.3 Å². The molecule has 106 valence electrons. The normalized spacial score (nSPS) is 29.1. The summed E-state index contributed by atoms with van der Waals surface area (Å²) < 4.78 is 0.